The van der Waals surface area contributed by atoms with Crippen molar-refractivity contribution >= 4 is 51.4 Å². The molecule has 2 aromatic carbocycles. The molecule has 0 amide bonds. The Kier molecular flexibility index (Phi) is 6.70. The second-order valence-electron chi connectivity index (χ2n) is 5.44. The van der Waals surface area contributed by atoms with E-state index in [2.05, 4.69) is 62.4 Å². The Morgan fingerprint density at radius 2 is 1.04 bits per heavy atom. The van der Waals surface area contributed by atoms with Crippen LogP contribution in [-0.4, -0.2) is 6.69 Å². The summed E-state index contributed by atoms with van der Waals surface area (Å²) in [5.41, 5.74) is 2.35. The SMILES string of the molecule is CCC=Cc1ccc([Si](Cl)(Cl)c2ccc(C=CCC)cc2)cc1. The van der Waals surface area contributed by atoms with Crippen LogP contribution in [0.2, 0.25) is 0 Å². The highest BCUT2D eigenvalue weighted by Gasteiger charge is 2.33. The normalized spacial score (nSPS) is 12.3. The molecule has 0 atom stereocenters. The van der Waals surface area contributed by atoms with Gasteiger partial charge in [-0.3, -0.25) is 0 Å². The molecule has 0 spiro atoms. The molecule has 0 radical (unpaired) electrons. The van der Waals surface area contributed by atoms with Crippen molar-refractivity contribution in [1.29, 1.82) is 0 Å². The zero-order valence-electron chi connectivity index (χ0n) is 13.6. The van der Waals surface area contributed by atoms with Crippen LogP contribution < -0.4 is 10.4 Å². The summed E-state index contributed by atoms with van der Waals surface area (Å²) in [7, 11) is 0. The maximum absolute atomic E-state index is 6.77. The molecule has 0 saturated heterocycles. The first-order valence-electron chi connectivity index (χ1n) is 8.00. The van der Waals surface area contributed by atoms with Crippen LogP contribution in [0, 0.1) is 0 Å². The molecule has 0 fully saturated rings. The largest absolute Gasteiger partial charge is 0.310 e. The molecule has 0 bridgehead atoms. The van der Waals surface area contributed by atoms with Gasteiger partial charge in [-0.2, -0.15) is 0 Å². The van der Waals surface area contributed by atoms with Crippen LogP contribution in [0.25, 0.3) is 12.2 Å². The molecule has 0 N–H and O–H groups in total. The van der Waals surface area contributed by atoms with E-state index in [9.17, 15) is 0 Å². The van der Waals surface area contributed by atoms with Gasteiger partial charge in [0, 0.05) is 0 Å². The summed E-state index contributed by atoms with van der Waals surface area (Å²) in [6.45, 7) is 1.58. The Morgan fingerprint density at radius 3 is 1.35 bits per heavy atom. The predicted octanol–water partition coefficient (Wildman–Crippen LogP) is 5.57. The first kappa shape index (κ1) is 18.1. The first-order chi connectivity index (χ1) is 11.1. The number of hydrogen-bond donors (Lipinski definition) is 0. The van der Waals surface area contributed by atoms with Crippen LogP contribution >= 0.6 is 22.2 Å². The molecular weight excluding hydrogens is 339 g/mol. The van der Waals surface area contributed by atoms with Gasteiger partial charge in [0.25, 0.3) is 0 Å². The third-order valence-corrected chi connectivity index (χ3v) is 8.37. The van der Waals surface area contributed by atoms with Crippen LogP contribution in [-0.2, 0) is 0 Å². The Hall–Kier alpha value is -1.28. The summed E-state index contributed by atoms with van der Waals surface area (Å²) < 4.78 is 0. The number of allylic oxidation sites excluding steroid dienone is 2. The highest BCUT2D eigenvalue weighted by molar-refractivity contribution is 7.56. The molecular formula is C20H22Cl2Si. The number of halogens is 2. The molecule has 0 aliphatic rings. The molecule has 2 rings (SSSR count). The van der Waals surface area contributed by atoms with E-state index in [1.54, 1.807) is 0 Å². The van der Waals surface area contributed by atoms with Crippen LogP contribution in [0.1, 0.15) is 37.8 Å². The van der Waals surface area contributed by atoms with Crippen LogP contribution in [0.4, 0.5) is 0 Å². The van der Waals surface area contributed by atoms with Crippen LogP contribution in [0.5, 0.6) is 0 Å². The fourth-order valence-corrected chi connectivity index (χ4v) is 5.30. The van der Waals surface area contributed by atoms with E-state index < -0.39 is 6.69 Å². The third-order valence-electron chi connectivity index (χ3n) is 3.64. The summed E-state index contributed by atoms with van der Waals surface area (Å²) in [6, 6.07) is 16.5. The van der Waals surface area contributed by atoms with Gasteiger partial charge in [0.1, 0.15) is 0 Å². The molecule has 0 heterocycles. The lowest BCUT2D eigenvalue weighted by molar-refractivity contribution is 1.23. The second kappa shape index (κ2) is 8.54. The van der Waals surface area contributed by atoms with Crippen LogP contribution in [0.15, 0.2) is 60.7 Å². The summed E-state index contributed by atoms with van der Waals surface area (Å²) in [4.78, 5) is 0. The van der Waals surface area contributed by atoms with E-state index >= 15 is 0 Å². The van der Waals surface area contributed by atoms with Crippen molar-refractivity contribution in [2.75, 3.05) is 0 Å². The molecule has 0 aromatic heterocycles. The number of benzene rings is 2. The van der Waals surface area contributed by atoms with Crippen molar-refractivity contribution in [2.24, 2.45) is 0 Å². The molecule has 2 aromatic rings. The number of hydrogen-bond acceptors (Lipinski definition) is 0. The second-order valence-corrected chi connectivity index (χ2v) is 11.7. The van der Waals surface area contributed by atoms with Crippen molar-refractivity contribution in [2.45, 2.75) is 26.7 Å². The lowest BCUT2D eigenvalue weighted by Gasteiger charge is -2.18. The molecule has 0 aliphatic carbocycles. The van der Waals surface area contributed by atoms with Gasteiger partial charge in [0.2, 0.25) is 0 Å². The molecule has 3 heteroatoms. The average molecular weight is 361 g/mol. The summed E-state index contributed by atoms with van der Waals surface area (Å²) in [5.74, 6) is 0. The first-order valence-corrected chi connectivity index (χ1v) is 12.0. The highest BCUT2D eigenvalue weighted by atomic mass is 35.7. The van der Waals surface area contributed by atoms with Gasteiger partial charge in [-0.15, -0.1) is 22.2 Å². The minimum Gasteiger partial charge on any atom is -0.134 e. The van der Waals surface area contributed by atoms with E-state index in [4.69, 9.17) is 22.2 Å². The molecule has 120 valence electrons. The Morgan fingerprint density at radius 1 is 0.696 bits per heavy atom. The molecule has 23 heavy (non-hydrogen) atoms. The van der Waals surface area contributed by atoms with Gasteiger partial charge < -0.3 is 0 Å². The van der Waals surface area contributed by atoms with Gasteiger partial charge in [-0.25, -0.2) is 0 Å². The topological polar surface area (TPSA) is 0 Å². The highest BCUT2D eigenvalue weighted by Crippen LogP contribution is 2.17. The van der Waals surface area contributed by atoms with Crippen molar-refractivity contribution in [3.05, 3.63) is 71.8 Å². The lowest BCUT2D eigenvalue weighted by Crippen LogP contribution is -2.48. The quantitative estimate of drug-likeness (QED) is 0.466. The van der Waals surface area contributed by atoms with Gasteiger partial charge >= 0.3 is 6.69 Å². The molecule has 0 unspecified atom stereocenters. The Bertz CT molecular complexity index is 608. The van der Waals surface area contributed by atoms with Gasteiger partial charge in [-0.1, -0.05) is 86.7 Å². The minimum absolute atomic E-state index is 1.02. The molecule has 0 saturated carbocycles. The van der Waals surface area contributed by atoms with E-state index in [0.717, 1.165) is 23.2 Å². The van der Waals surface area contributed by atoms with E-state index in [1.807, 2.05) is 24.3 Å². The molecule has 0 nitrogen and oxygen atoms in total. The maximum atomic E-state index is 6.77. The summed E-state index contributed by atoms with van der Waals surface area (Å²) >= 11 is 13.5. The predicted molar refractivity (Wildman–Crippen MR) is 108 cm³/mol. The fraction of sp³-hybridized carbons (Fsp3) is 0.200. The van der Waals surface area contributed by atoms with Gasteiger partial charge in [0.05, 0.1) is 0 Å². The van der Waals surface area contributed by atoms with Gasteiger partial charge in [0.15, 0.2) is 0 Å². The maximum Gasteiger partial charge on any atom is 0.310 e. The smallest absolute Gasteiger partial charge is 0.134 e. The zero-order chi connectivity index (χ0) is 16.7. The van der Waals surface area contributed by atoms with Crippen LogP contribution in [0.3, 0.4) is 0 Å². The van der Waals surface area contributed by atoms with Crippen molar-refractivity contribution in [1.82, 2.24) is 0 Å². The standard InChI is InChI=1S/C20H22Cl2Si/c1-3-5-7-17-9-13-19(14-10-17)23(21,22)20-15-11-18(12-16-20)8-6-4-2/h5-16H,3-4H2,1-2H3. The van der Waals surface area contributed by atoms with Crippen molar-refractivity contribution in [3.63, 3.8) is 0 Å². The van der Waals surface area contributed by atoms with E-state index in [1.165, 1.54) is 11.1 Å². The Balaban J connectivity index is 2.23. The Labute approximate surface area is 149 Å². The zero-order valence-corrected chi connectivity index (χ0v) is 16.1. The monoisotopic (exact) mass is 360 g/mol. The average Bonchev–Trinajstić information content (AvgIpc) is 2.59. The molecule has 0 aliphatic heterocycles. The van der Waals surface area contributed by atoms with E-state index in [0.29, 0.717) is 0 Å². The minimum atomic E-state index is -2.67. The lowest BCUT2D eigenvalue weighted by atomic mass is 10.2. The van der Waals surface area contributed by atoms with E-state index in [-0.39, 0.29) is 0 Å². The van der Waals surface area contributed by atoms with Crippen molar-refractivity contribution in [3.8, 4) is 0 Å². The third kappa shape index (κ3) is 4.84. The summed E-state index contributed by atoms with van der Waals surface area (Å²) in [6.07, 6.45) is 10.6. The van der Waals surface area contributed by atoms with Gasteiger partial charge in [-0.05, 0) is 34.3 Å². The summed E-state index contributed by atoms with van der Waals surface area (Å²) in [5, 5.41) is 2.04. The van der Waals surface area contributed by atoms with Crippen molar-refractivity contribution < 1.29 is 0 Å². The number of rotatable bonds is 6. The fourth-order valence-electron chi connectivity index (χ4n) is 2.28.